The maximum atomic E-state index is 10.1. The molecule has 0 aromatic rings. The highest BCUT2D eigenvalue weighted by Gasteiger charge is 2.29. The summed E-state index contributed by atoms with van der Waals surface area (Å²) in [4.78, 5) is 0. The quantitative estimate of drug-likeness (QED) is 0.607. The molecule has 2 heteroatoms. The maximum Gasteiger partial charge on any atom is 0.165 e. The van der Waals surface area contributed by atoms with Crippen molar-refractivity contribution in [1.82, 2.24) is 0 Å². The molecule has 17 heavy (non-hydrogen) atoms. The van der Waals surface area contributed by atoms with E-state index >= 15 is 0 Å². The minimum absolute atomic E-state index is 0.744. The standard InChI is InChI=1S/C15H30O2/c1-2-3-4-5-6-7-8-9-12-15(16)13-10-11-14-17-15/h16H,2-14H2,1H3. The van der Waals surface area contributed by atoms with Gasteiger partial charge in [0.25, 0.3) is 0 Å². The zero-order valence-corrected chi connectivity index (χ0v) is 11.5. The fourth-order valence-corrected chi connectivity index (χ4v) is 2.57. The Hall–Kier alpha value is -0.0800. The lowest BCUT2D eigenvalue weighted by atomic mass is 9.98. The molecular formula is C15H30O2. The van der Waals surface area contributed by atoms with Crippen LogP contribution in [0.2, 0.25) is 0 Å². The highest BCUT2D eigenvalue weighted by atomic mass is 16.6. The van der Waals surface area contributed by atoms with Crippen molar-refractivity contribution in [3.8, 4) is 0 Å². The minimum Gasteiger partial charge on any atom is -0.365 e. The van der Waals surface area contributed by atoms with Gasteiger partial charge in [-0.05, 0) is 19.3 Å². The minimum atomic E-state index is -0.777. The first-order valence-electron chi connectivity index (χ1n) is 7.63. The molecule has 1 N–H and O–H groups in total. The van der Waals surface area contributed by atoms with Gasteiger partial charge >= 0.3 is 0 Å². The van der Waals surface area contributed by atoms with Crippen LogP contribution in [0, 0.1) is 0 Å². The molecule has 1 fully saturated rings. The molecular weight excluding hydrogens is 212 g/mol. The fraction of sp³-hybridized carbons (Fsp3) is 1.00. The largest absolute Gasteiger partial charge is 0.365 e. The van der Waals surface area contributed by atoms with Crippen LogP contribution >= 0.6 is 0 Å². The molecule has 0 amide bonds. The summed E-state index contributed by atoms with van der Waals surface area (Å²) in [5.41, 5.74) is 0. The Kier molecular flexibility index (Phi) is 7.87. The molecule has 1 rings (SSSR count). The molecule has 1 aliphatic rings. The van der Waals surface area contributed by atoms with Crippen molar-refractivity contribution in [2.24, 2.45) is 0 Å². The highest BCUT2D eigenvalue weighted by molar-refractivity contribution is 4.71. The van der Waals surface area contributed by atoms with Crippen molar-refractivity contribution in [2.45, 2.75) is 89.8 Å². The first kappa shape index (κ1) is 15.0. The number of aliphatic hydroxyl groups is 1. The van der Waals surface area contributed by atoms with Gasteiger partial charge in [-0.3, -0.25) is 0 Å². The van der Waals surface area contributed by atoms with E-state index in [1.54, 1.807) is 0 Å². The molecule has 1 heterocycles. The smallest absolute Gasteiger partial charge is 0.165 e. The van der Waals surface area contributed by atoms with Gasteiger partial charge in [-0.1, -0.05) is 51.9 Å². The lowest BCUT2D eigenvalue weighted by Crippen LogP contribution is -2.35. The number of rotatable bonds is 9. The van der Waals surface area contributed by atoms with Gasteiger partial charge < -0.3 is 9.84 Å². The third-order valence-corrected chi connectivity index (χ3v) is 3.75. The summed E-state index contributed by atoms with van der Waals surface area (Å²) in [5.74, 6) is -0.777. The molecule has 0 aromatic carbocycles. The Morgan fingerprint density at radius 2 is 1.59 bits per heavy atom. The third-order valence-electron chi connectivity index (χ3n) is 3.75. The molecule has 0 saturated carbocycles. The predicted molar refractivity (Wildman–Crippen MR) is 72.0 cm³/mol. The topological polar surface area (TPSA) is 29.5 Å². The second kappa shape index (κ2) is 8.93. The lowest BCUT2D eigenvalue weighted by molar-refractivity contribution is -0.228. The summed E-state index contributed by atoms with van der Waals surface area (Å²) in [7, 11) is 0. The van der Waals surface area contributed by atoms with E-state index in [2.05, 4.69) is 6.92 Å². The van der Waals surface area contributed by atoms with Crippen LogP contribution < -0.4 is 0 Å². The second-order valence-corrected chi connectivity index (χ2v) is 5.48. The fourth-order valence-electron chi connectivity index (χ4n) is 2.57. The Bertz CT molecular complexity index is 174. The van der Waals surface area contributed by atoms with Crippen LogP contribution in [0.25, 0.3) is 0 Å². The Morgan fingerprint density at radius 1 is 0.941 bits per heavy atom. The van der Waals surface area contributed by atoms with E-state index < -0.39 is 5.79 Å². The molecule has 0 bridgehead atoms. The monoisotopic (exact) mass is 242 g/mol. The van der Waals surface area contributed by atoms with E-state index in [1.807, 2.05) is 0 Å². The predicted octanol–water partition coefficient (Wildman–Crippen LogP) is 4.41. The van der Waals surface area contributed by atoms with Crippen LogP contribution in [0.1, 0.15) is 84.0 Å². The summed E-state index contributed by atoms with van der Waals surface area (Å²) in [6.07, 6.45) is 14.4. The first-order chi connectivity index (χ1) is 8.27. The summed E-state index contributed by atoms with van der Waals surface area (Å²) in [5, 5.41) is 10.1. The van der Waals surface area contributed by atoms with Crippen molar-refractivity contribution in [3.05, 3.63) is 0 Å². The first-order valence-corrected chi connectivity index (χ1v) is 7.63. The molecule has 1 aliphatic heterocycles. The molecule has 0 aliphatic carbocycles. The molecule has 1 saturated heterocycles. The second-order valence-electron chi connectivity index (χ2n) is 5.48. The Morgan fingerprint density at radius 3 is 2.18 bits per heavy atom. The molecule has 0 radical (unpaired) electrons. The molecule has 1 unspecified atom stereocenters. The van der Waals surface area contributed by atoms with E-state index in [1.165, 1.54) is 44.9 Å². The Labute approximate surface area is 107 Å². The molecule has 2 nitrogen and oxygen atoms in total. The molecule has 1 atom stereocenters. The van der Waals surface area contributed by atoms with Crippen molar-refractivity contribution < 1.29 is 9.84 Å². The van der Waals surface area contributed by atoms with Gasteiger partial charge in [0, 0.05) is 12.8 Å². The van der Waals surface area contributed by atoms with Gasteiger partial charge in [0.2, 0.25) is 0 Å². The van der Waals surface area contributed by atoms with Crippen LogP contribution in [-0.2, 0) is 4.74 Å². The van der Waals surface area contributed by atoms with Gasteiger partial charge in [-0.15, -0.1) is 0 Å². The summed E-state index contributed by atoms with van der Waals surface area (Å²) < 4.78 is 5.48. The van der Waals surface area contributed by atoms with Gasteiger partial charge in [-0.25, -0.2) is 0 Å². The average Bonchev–Trinajstić information content (AvgIpc) is 2.33. The van der Waals surface area contributed by atoms with E-state index in [-0.39, 0.29) is 0 Å². The van der Waals surface area contributed by atoms with Gasteiger partial charge in [0.05, 0.1) is 6.61 Å². The van der Waals surface area contributed by atoms with E-state index in [9.17, 15) is 5.11 Å². The van der Waals surface area contributed by atoms with E-state index in [0.717, 1.165) is 38.7 Å². The molecule has 0 aromatic heterocycles. The zero-order valence-electron chi connectivity index (χ0n) is 11.5. The van der Waals surface area contributed by atoms with Crippen LogP contribution in [-0.4, -0.2) is 17.5 Å². The lowest BCUT2D eigenvalue weighted by Gasteiger charge is -2.32. The van der Waals surface area contributed by atoms with Crippen molar-refractivity contribution in [1.29, 1.82) is 0 Å². The van der Waals surface area contributed by atoms with E-state index in [0.29, 0.717) is 0 Å². The van der Waals surface area contributed by atoms with Crippen LogP contribution in [0.5, 0.6) is 0 Å². The number of unbranched alkanes of at least 4 members (excludes halogenated alkanes) is 7. The third kappa shape index (κ3) is 7.05. The molecule has 0 spiro atoms. The zero-order chi connectivity index (χ0) is 12.4. The van der Waals surface area contributed by atoms with Crippen molar-refractivity contribution >= 4 is 0 Å². The highest BCUT2D eigenvalue weighted by Crippen LogP contribution is 2.27. The Balaban J connectivity index is 1.89. The van der Waals surface area contributed by atoms with Gasteiger partial charge in [-0.2, -0.15) is 0 Å². The van der Waals surface area contributed by atoms with Crippen molar-refractivity contribution in [2.75, 3.05) is 6.61 Å². The maximum absolute atomic E-state index is 10.1. The number of ether oxygens (including phenoxy) is 1. The summed E-state index contributed by atoms with van der Waals surface area (Å²) in [6.45, 7) is 3.00. The van der Waals surface area contributed by atoms with Gasteiger partial charge in [0.15, 0.2) is 5.79 Å². The normalized spacial score (nSPS) is 25.1. The van der Waals surface area contributed by atoms with Crippen LogP contribution in [0.3, 0.4) is 0 Å². The molecule has 102 valence electrons. The SMILES string of the molecule is CCCCCCCCCCC1(O)CCCCO1. The average molecular weight is 242 g/mol. The summed E-state index contributed by atoms with van der Waals surface area (Å²) >= 11 is 0. The van der Waals surface area contributed by atoms with Crippen LogP contribution in [0.4, 0.5) is 0 Å². The number of hydrogen-bond donors (Lipinski definition) is 1. The number of hydrogen-bond acceptors (Lipinski definition) is 2. The van der Waals surface area contributed by atoms with Gasteiger partial charge in [0.1, 0.15) is 0 Å². The van der Waals surface area contributed by atoms with E-state index in [4.69, 9.17) is 4.74 Å². The van der Waals surface area contributed by atoms with Crippen molar-refractivity contribution in [3.63, 3.8) is 0 Å². The van der Waals surface area contributed by atoms with Crippen LogP contribution in [0.15, 0.2) is 0 Å². The summed E-state index contributed by atoms with van der Waals surface area (Å²) in [6, 6.07) is 0.